The number of likely N-dealkylation sites (tertiary alicyclic amines) is 1. The molecular formula is C15H23NO2. The first kappa shape index (κ1) is 13.5. The molecule has 0 aliphatic carbocycles. The average molecular weight is 249 g/mol. The average Bonchev–Trinajstić information content (AvgIpc) is 2.47. The first-order valence-corrected chi connectivity index (χ1v) is 6.60. The minimum atomic E-state index is -0.429. The van der Waals surface area contributed by atoms with Gasteiger partial charge in [-0.2, -0.15) is 0 Å². The van der Waals surface area contributed by atoms with E-state index in [-0.39, 0.29) is 0 Å². The summed E-state index contributed by atoms with van der Waals surface area (Å²) in [5.41, 5.74) is 1.35. The summed E-state index contributed by atoms with van der Waals surface area (Å²) in [4.78, 5) is 2.44. The molecule has 1 aliphatic heterocycles. The van der Waals surface area contributed by atoms with Crippen LogP contribution in [0.4, 0.5) is 0 Å². The predicted octanol–water partition coefficient (Wildman–Crippen LogP) is 2.83. The Bertz CT molecular complexity index is 362. The van der Waals surface area contributed by atoms with Gasteiger partial charge in [-0.15, -0.1) is 0 Å². The van der Waals surface area contributed by atoms with Gasteiger partial charge in [-0.1, -0.05) is 30.3 Å². The molecule has 1 aromatic carbocycles. The normalized spacial score (nSPS) is 21.7. The van der Waals surface area contributed by atoms with Crippen molar-refractivity contribution >= 4 is 0 Å². The topological polar surface area (TPSA) is 21.7 Å². The fourth-order valence-corrected chi connectivity index (χ4v) is 2.71. The van der Waals surface area contributed by atoms with E-state index in [1.807, 2.05) is 0 Å². The van der Waals surface area contributed by atoms with E-state index in [0.717, 1.165) is 25.9 Å². The Labute approximate surface area is 110 Å². The van der Waals surface area contributed by atoms with Gasteiger partial charge in [-0.05, 0) is 25.5 Å². The molecule has 1 fully saturated rings. The Morgan fingerprint density at radius 1 is 1.17 bits per heavy atom. The zero-order valence-electron chi connectivity index (χ0n) is 11.6. The molecule has 2 rings (SSSR count). The summed E-state index contributed by atoms with van der Waals surface area (Å²) < 4.78 is 11.2. The van der Waals surface area contributed by atoms with Crippen LogP contribution < -0.4 is 0 Å². The molecule has 1 heterocycles. The maximum absolute atomic E-state index is 5.58. The molecule has 0 radical (unpaired) electrons. The van der Waals surface area contributed by atoms with E-state index < -0.39 is 5.79 Å². The number of ether oxygens (including phenoxy) is 2. The smallest absolute Gasteiger partial charge is 0.180 e. The highest BCUT2D eigenvalue weighted by Crippen LogP contribution is 2.30. The molecule has 18 heavy (non-hydrogen) atoms. The third kappa shape index (κ3) is 2.74. The van der Waals surface area contributed by atoms with Crippen molar-refractivity contribution < 1.29 is 9.47 Å². The van der Waals surface area contributed by atoms with Gasteiger partial charge in [-0.25, -0.2) is 0 Å². The van der Waals surface area contributed by atoms with Crippen molar-refractivity contribution in [2.45, 2.75) is 31.6 Å². The van der Waals surface area contributed by atoms with E-state index in [1.165, 1.54) is 5.56 Å². The lowest BCUT2D eigenvalue weighted by atomic mass is 9.99. The Hall–Kier alpha value is -0.900. The van der Waals surface area contributed by atoms with Gasteiger partial charge < -0.3 is 9.47 Å². The van der Waals surface area contributed by atoms with Crippen molar-refractivity contribution in [1.82, 2.24) is 4.90 Å². The molecule has 0 bridgehead atoms. The highest BCUT2D eigenvalue weighted by molar-refractivity contribution is 5.18. The van der Waals surface area contributed by atoms with E-state index in [9.17, 15) is 0 Å². The van der Waals surface area contributed by atoms with Crippen LogP contribution in [-0.2, 0) is 9.47 Å². The van der Waals surface area contributed by atoms with Crippen molar-refractivity contribution in [3.05, 3.63) is 35.9 Å². The van der Waals surface area contributed by atoms with E-state index in [1.54, 1.807) is 14.2 Å². The van der Waals surface area contributed by atoms with Gasteiger partial charge in [0.2, 0.25) is 0 Å². The minimum Gasteiger partial charge on any atom is -0.352 e. The number of rotatable bonds is 4. The van der Waals surface area contributed by atoms with Crippen LogP contribution in [0.5, 0.6) is 0 Å². The first-order chi connectivity index (χ1) is 8.71. The predicted molar refractivity (Wildman–Crippen MR) is 72.4 cm³/mol. The molecular weight excluding hydrogens is 226 g/mol. The maximum atomic E-state index is 5.58. The highest BCUT2D eigenvalue weighted by Gasteiger charge is 2.37. The number of methoxy groups -OCH3 is 2. The Morgan fingerprint density at radius 2 is 1.83 bits per heavy atom. The summed E-state index contributed by atoms with van der Waals surface area (Å²) in [5.74, 6) is -0.429. The van der Waals surface area contributed by atoms with Gasteiger partial charge in [0, 0.05) is 26.7 Å². The molecule has 1 aromatic rings. The van der Waals surface area contributed by atoms with Crippen molar-refractivity contribution in [2.24, 2.45) is 0 Å². The zero-order valence-corrected chi connectivity index (χ0v) is 11.6. The second-order valence-electron chi connectivity index (χ2n) is 4.98. The fraction of sp³-hybridized carbons (Fsp3) is 0.600. The lowest BCUT2D eigenvalue weighted by Gasteiger charge is -2.43. The van der Waals surface area contributed by atoms with Gasteiger partial charge in [0.1, 0.15) is 0 Å². The number of hydrogen-bond donors (Lipinski definition) is 0. The molecule has 0 amide bonds. The largest absolute Gasteiger partial charge is 0.352 e. The van der Waals surface area contributed by atoms with Gasteiger partial charge in [0.25, 0.3) is 0 Å². The van der Waals surface area contributed by atoms with Crippen molar-refractivity contribution in [3.8, 4) is 0 Å². The molecule has 1 saturated heterocycles. The van der Waals surface area contributed by atoms with Crippen molar-refractivity contribution in [3.63, 3.8) is 0 Å². The quantitative estimate of drug-likeness (QED) is 0.766. The van der Waals surface area contributed by atoms with Gasteiger partial charge in [-0.3, -0.25) is 4.90 Å². The monoisotopic (exact) mass is 249 g/mol. The van der Waals surface area contributed by atoms with Crippen LogP contribution >= 0.6 is 0 Å². The van der Waals surface area contributed by atoms with E-state index in [4.69, 9.17) is 9.47 Å². The van der Waals surface area contributed by atoms with Crippen LogP contribution in [0.25, 0.3) is 0 Å². The second-order valence-corrected chi connectivity index (χ2v) is 4.98. The van der Waals surface area contributed by atoms with Gasteiger partial charge in [0.15, 0.2) is 5.79 Å². The molecule has 0 N–H and O–H groups in total. The third-order valence-electron chi connectivity index (χ3n) is 4.02. The van der Waals surface area contributed by atoms with Crippen molar-refractivity contribution in [2.75, 3.05) is 27.3 Å². The highest BCUT2D eigenvalue weighted by atomic mass is 16.7. The standard InChI is InChI=1S/C15H23NO2/c1-13(14-8-5-4-6-9-14)16-11-7-10-15(12-16,17-2)18-3/h4-6,8-9,13H,7,10-12H2,1-3H3. The second kappa shape index (κ2) is 5.83. The maximum Gasteiger partial charge on any atom is 0.180 e. The first-order valence-electron chi connectivity index (χ1n) is 6.60. The molecule has 1 unspecified atom stereocenters. The minimum absolute atomic E-state index is 0.399. The van der Waals surface area contributed by atoms with Gasteiger partial charge in [0.05, 0.1) is 6.54 Å². The summed E-state index contributed by atoms with van der Waals surface area (Å²) in [7, 11) is 3.47. The summed E-state index contributed by atoms with van der Waals surface area (Å²) in [6, 6.07) is 11.0. The fourth-order valence-electron chi connectivity index (χ4n) is 2.71. The van der Waals surface area contributed by atoms with Crippen molar-refractivity contribution in [1.29, 1.82) is 0 Å². The lowest BCUT2D eigenvalue weighted by Crippen LogP contribution is -2.51. The molecule has 1 aliphatic rings. The van der Waals surface area contributed by atoms with E-state index in [2.05, 4.69) is 42.2 Å². The summed E-state index contributed by atoms with van der Waals surface area (Å²) in [6.07, 6.45) is 2.08. The van der Waals surface area contributed by atoms with E-state index >= 15 is 0 Å². The Kier molecular flexibility index (Phi) is 4.38. The lowest BCUT2D eigenvalue weighted by molar-refractivity contribution is -0.235. The summed E-state index contributed by atoms with van der Waals surface area (Å²) in [5, 5.41) is 0. The molecule has 0 spiro atoms. The van der Waals surface area contributed by atoms with Crippen LogP contribution in [0.3, 0.4) is 0 Å². The molecule has 0 aromatic heterocycles. The molecule has 3 heteroatoms. The molecule has 0 saturated carbocycles. The molecule has 100 valence electrons. The molecule has 1 atom stereocenters. The van der Waals surface area contributed by atoms with Gasteiger partial charge >= 0.3 is 0 Å². The number of nitrogens with zero attached hydrogens (tertiary/aromatic N) is 1. The number of hydrogen-bond acceptors (Lipinski definition) is 3. The SMILES string of the molecule is COC1(OC)CCCN(C(C)c2ccccc2)C1. The zero-order chi connectivity index (χ0) is 13.0. The third-order valence-corrected chi connectivity index (χ3v) is 4.02. The van der Waals surface area contributed by atoms with Crippen LogP contribution in [0.2, 0.25) is 0 Å². The van der Waals surface area contributed by atoms with Crippen LogP contribution in [0.1, 0.15) is 31.4 Å². The summed E-state index contributed by atoms with van der Waals surface area (Å²) >= 11 is 0. The van der Waals surface area contributed by atoms with Crippen LogP contribution in [-0.4, -0.2) is 38.0 Å². The Balaban J connectivity index is 2.09. The van der Waals surface area contributed by atoms with Crippen LogP contribution in [0, 0.1) is 0 Å². The molecule has 3 nitrogen and oxygen atoms in total. The van der Waals surface area contributed by atoms with Crippen LogP contribution in [0.15, 0.2) is 30.3 Å². The Morgan fingerprint density at radius 3 is 2.44 bits per heavy atom. The summed E-state index contributed by atoms with van der Waals surface area (Å²) in [6.45, 7) is 4.18. The van der Waals surface area contributed by atoms with E-state index in [0.29, 0.717) is 6.04 Å². The number of benzene rings is 1. The number of piperidine rings is 1.